The number of nitrogens with zero attached hydrogens (tertiary/aromatic N) is 1. The largest absolute Gasteiger partial charge is 0.351 e. The molecule has 1 aromatic heterocycles. The number of hydrogen-bond donors (Lipinski definition) is 1. The molecule has 1 aromatic rings. The molecule has 0 unspecified atom stereocenters. The first-order chi connectivity index (χ1) is 8.81. The Morgan fingerprint density at radius 3 is 2.68 bits per heavy atom. The predicted molar refractivity (Wildman–Crippen MR) is 75.3 cm³/mol. The zero-order valence-corrected chi connectivity index (χ0v) is 12.5. The third kappa shape index (κ3) is 6.02. The van der Waals surface area contributed by atoms with E-state index in [2.05, 4.69) is 10.3 Å². The molecule has 106 valence electrons. The van der Waals surface area contributed by atoms with Crippen LogP contribution in [0.4, 0.5) is 0 Å². The molecule has 0 radical (unpaired) electrons. The minimum absolute atomic E-state index is 0.0840. The molecule has 0 bridgehead atoms. The van der Waals surface area contributed by atoms with E-state index in [0.29, 0.717) is 5.56 Å². The van der Waals surface area contributed by atoms with Crippen LogP contribution in [-0.4, -0.2) is 37.9 Å². The summed E-state index contributed by atoms with van der Waals surface area (Å²) in [5.74, 6) is -0.426. The molecule has 1 amide bonds. The average molecular weight is 305 g/mol. The van der Waals surface area contributed by atoms with Crippen molar-refractivity contribution in [1.82, 2.24) is 10.3 Å². The van der Waals surface area contributed by atoms with Gasteiger partial charge in [-0.1, -0.05) is 24.9 Å². The fourth-order valence-corrected chi connectivity index (χ4v) is 2.22. The number of halogens is 1. The molecule has 0 aliphatic rings. The average Bonchev–Trinajstić information content (AvgIpc) is 2.26. The fraction of sp³-hybridized carbons (Fsp3) is 0.500. The topological polar surface area (TPSA) is 76.1 Å². The van der Waals surface area contributed by atoms with Gasteiger partial charge < -0.3 is 5.32 Å². The van der Waals surface area contributed by atoms with Crippen molar-refractivity contribution in [1.29, 1.82) is 0 Å². The first kappa shape index (κ1) is 15.9. The van der Waals surface area contributed by atoms with Gasteiger partial charge in [0.05, 0.1) is 5.75 Å². The lowest BCUT2D eigenvalue weighted by molar-refractivity contribution is 0.0956. The van der Waals surface area contributed by atoms with E-state index >= 15 is 0 Å². The van der Waals surface area contributed by atoms with Crippen LogP contribution in [0.3, 0.4) is 0 Å². The van der Waals surface area contributed by atoms with E-state index in [0.717, 1.165) is 24.8 Å². The van der Waals surface area contributed by atoms with Gasteiger partial charge in [0.15, 0.2) is 0 Å². The summed E-state index contributed by atoms with van der Waals surface area (Å²) < 4.78 is 21.9. The van der Waals surface area contributed by atoms with Crippen molar-refractivity contribution < 1.29 is 13.2 Å². The maximum Gasteiger partial charge on any atom is 0.251 e. The Hall–Kier alpha value is -1.14. The number of rotatable bonds is 6. The molecule has 0 aliphatic heterocycles. The van der Waals surface area contributed by atoms with Crippen LogP contribution < -0.4 is 5.32 Å². The lowest BCUT2D eigenvalue weighted by Crippen LogP contribution is -2.28. The Labute approximate surface area is 118 Å². The lowest BCUT2D eigenvalue weighted by Gasteiger charge is -2.06. The molecule has 1 heterocycles. The van der Waals surface area contributed by atoms with Crippen LogP contribution in [0.15, 0.2) is 12.1 Å². The van der Waals surface area contributed by atoms with Crippen LogP contribution in [0.1, 0.15) is 29.4 Å². The standard InChI is InChI=1S/C12H17ClN2O3S/c1-3-4-10-7-9(8-11(13)15-10)12(16)14-5-6-19(2,17)18/h7-8H,3-6H2,1-2H3,(H,14,16). The van der Waals surface area contributed by atoms with Crippen molar-refractivity contribution in [2.75, 3.05) is 18.6 Å². The van der Waals surface area contributed by atoms with Gasteiger partial charge >= 0.3 is 0 Å². The first-order valence-electron chi connectivity index (χ1n) is 5.94. The zero-order valence-electron chi connectivity index (χ0n) is 10.9. The Kier molecular flexibility index (Phi) is 5.75. The van der Waals surface area contributed by atoms with Gasteiger partial charge in [0.2, 0.25) is 0 Å². The van der Waals surface area contributed by atoms with E-state index < -0.39 is 9.84 Å². The highest BCUT2D eigenvalue weighted by molar-refractivity contribution is 7.90. The lowest BCUT2D eigenvalue weighted by atomic mass is 10.1. The molecule has 0 saturated heterocycles. The van der Waals surface area contributed by atoms with Gasteiger partial charge in [-0.05, 0) is 18.6 Å². The Bertz CT molecular complexity index is 558. The second kappa shape index (κ2) is 6.86. The molecule has 7 heteroatoms. The Morgan fingerprint density at radius 2 is 2.11 bits per heavy atom. The molecule has 1 N–H and O–H groups in total. The molecule has 0 aromatic carbocycles. The van der Waals surface area contributed by atoms with E-state index in [1.165, 1.54) is 6.07 Å². The normalized spacial score (nSPS) is 11.3. The highest BCUT2D eigenvalue weighted by atomic mass is 35.5. The molecule has 0 aliphatic carbocycles. The van der Waals surface area contributed by atoms with Gasteiger partial charge in [-0.15, -0.1) is 0 Å². The Balaban J connectivity index is 2.71. The van der Waals surface area contributed by atoms with Crippen molar-refractivity contribution >= 4 is 27.3 Å². The van der Waals surface area contributed by atoms with Gasteiger partial charge in [0.25, 0.3) is 5.91 Å². The monoisotopic (exact) mass is 304 g/mol. The van der Waals surface area contributed by atoms with E-state index in [9.17, 15) is 13.2 Å². The maximum absolute atomic E-state index is 11.8. The van der Waals surface area contributed by atoms with Crippen LogP contribution in [0.2, 0.25) is 5.15 Å². The van der Waals surface area contributed by atoms with Gasteiger partial charge in [-0.3, -0.25) is 4.79 Å². The highest BCUT2D eigenvalue weighted by Crippen LogP contribution is 2.12. The van der Waals surface area contributed by atoms with Gasteiger partial charge in [0.1, 0.15) is 15.0 Å². The van der Waals surface area contributed by atoms with Crippen LogP contribution in [0.25, 0.3) is 0 Å². The van der Waals surface area contributed by atoms with Crippen molar-refractivity contribution in [3.63, 3.8) is 0 Å². The fourth-order valence-electron chi connectivity index (χ4n) is 1.52. The summed E-state index contributed by atoms with van der Waals surface area (Å²) in [4.78, 5) is 16.0. The molecule has 19 heavy (non-hydrogen) atoms. The number of carbonyl (C=O) groups is 1. The Morgan fingerprint density at radius 1 is 1.42 bits per heavy atom. The maximum atomic E-state index is 11.8. The number of sulfone groups is 1. The summed E-state index contributed by atoms with van der Waals surface area (Å²) >= 11 is 5.85. The molecule has 0 fully saturated rings. The number of aromatic nitrogens is 1. The minimum atomic E-state index is -3.08. The number of carbonyl (C=O) groups excluding carboxylic acids is 1. The van der Waals surface area contributed by atoms with E-state index in [4.69, 9.17) is 11.6 Å². The number of aryl methyl sites for hydroxylation is 1. The third-order valence-electron chi connectivity index (χ3n) is 2.37. The van der Waals surface area contributed by atoms with E-state index in [1.54, 1.807) is 6.07 Å². The van der Waals surface area contributed by atoms with Crippen LogP contribution in [0, 0.1) is 0 Å². The second-order valence-corrected chi connectivity index (χ2v) is 6.95. The van der Waals surface area contributed by atoms with Crippen LogP contribution >= 0.6 is 11.6 Å². The molecule has 5 nitrogen and oxygen atoms in total. The second-order valence-electron chi connectivity index (χ2n) is 4.31. The predicted octanol–water partition coefficient (Wildman–Crippen LogP) is 1.46. The van der Waals surface area contributed by atoms with Crippen molar-refractivity contribution in [2.24, 2.45) is 0 Å². The van der Waals surface area contributed by atoms with Crippen molar-refractivity contribution in [2.45, 2.75) is 19.8 Å². The third-order valence-corrected chi connectivity index (χ3v) is 3.51. The molecule has 0 saturated carbocycles. The summed E-state index contributed by atoms with van der Waals surface area (Å²) in [5.41, 5.74) is 1.15. The summed E-state index contributed by atoms with van der Waals surface area (Å²) in [7, 11) is -3.08. The summed E-state index contributed by atoms with van der Waals surface area (Å²) in [6.07, 6.45) is 2.77. The first-order valence-corrected chi connectivity index (χ1v) is 8.38. The molecule has 1 rings (SSSR count). The molecular formula is C12H17ClN2O3S. The molecule has 0 spiro atoms. The summed E-state index contributed by atoms with van der Waals surface area (Å²) in [6.45, 7) is 2.09. The summed E-state index contributed by atoms with van der Waals surface area (Å²) in [5, 5.41) is 2.81. The zero-order chi connectivity index (χ0) is 14.5. The van der Waals surface area contributed by atoms with Crippen LogP contribution in [-0.2, 0) is 16.3 Å². The number of amides is 1. The number of hydrogen-bond acceptors (Lipinski definition) is 4. The van der Waals surface area contributed by atoms with E-state index in [1.807, 2.05) is 6.92 Å². The number of pyridine rings is 1. The highest BCUT2D eigenvalue weighted by Gasteiger charge is 2.10. The van der Waals surface area contributed by atoms with Gasteiger partial charge in [-0.25, -0.2) is 13.4 Å². The molecule has 0 atom stereocenters. The summed E-state index contributed by atoms with van der Waals surface area (Å²) in [6, 6.07) is 3.14. The van der Waals surface area contributed by atoms with Gasteiger partial charge in [0, 0.05) is 24.1 Å². The van der Waals surface area contributed by atoms with Crippen molar-refractivity contribution in [3.05, 3.63) is 28.5 Å². The minimum Gasteiger partial charge on any atom is -0.351 e. The van der Waals surface area contributed by atoms with Gasteiger partial charge in [-0.2, -0.15) is 0 Å². The quantitative estimate of drug-likeness (QED) is 0.807. The smallest absolute Gasteiger partial charge is 0.251 e. The SMILES string of the molecule is CCCc1cc(C(=O)NCCS(C)(=O)=O)cc(Cl)n1. The molecular weight excluding hydrogens is 288 g/mol. The number of nitrogens with one attached hydrogen (secondary N) is 1. The van der Waals surface area contributed by atoms with Crippen LogP contribution in [0.5, 0.6) is 0 Å². The van der Waals surface area contributed by atoms with E-state index in [-0.39, 0.29) is 23.4 Å². The van der Waals surface area contributed by atoms with Crippen molar-refractivity contribution in [3.8, 4) is 0 Å².